The molecule has 1 aromatic heterocycles. The number of nitro groups is 1. The number of aliphatic hydroxyl groups is 1. The van der Waals surface area contributed by atoms with Crippen LogP contribution in [-0.4, -0.2) is 27.7 Å². The summed E-state index contributed by atoms with van der Waals surface area (Å²) < 4.78 is 0. The lowest BCUT2D eigenvalue weighted by atomic mass is 10.1. The van der Waals surface area contributed by atoms with Gasteiger partial charge in [0, 0.05) is 30.0 Å². The molecule has 1 aliphatic carbocycles. The van der Waals surface area contributed by atoms with Gasteiger partial charge in [0.05, 0.1) is 16.5 Å². The van der Waals surface area contributed by atoms with E-state index in [2.05, 4.69) is 10.3 Å². The minimum Gasteiger partial charge on any atom is -0.393 e. The molecule has 0 saturated heterocycles. The topological polar surface area (TPSA) is 88.3 Å². The first-order valence-electron chi connectivity index (χ1n) is 7.10. The molecular weight excluding hydrogens is 270 g/mol. The van der Waals surface area contributed by atoms with Crippen molar-refractivity contribution in [2.75, 3.05) is 11.9 Å². The van der Waals surface area contributed by atoms with E-state index in [9.17, 15) is 15.2 Å². The van der Waals surface area contributed by atoms with Crippen LogP contribution >= 0.6 is 0 Å². The van der Waals surface area contributed by atoms with Crippen molar-refractivity contribution in [1.29, 1.82) is 0 Å². The molecule has 110 valence electrons. The fourth-order valence-corrected chi connectivity index (χ4v) is 2.82. The Morgan fingerprint density at radius 3 is 2.90 bits per heavy atom. The largest absolute Gasteiger partial charge is 0.393 e. The molecule has 0 bridgehead atoms. The zero-order chi connectivity index (χ0) is 14.8. The summed E-state index contributed by atoms with van der Waals surface area (Å²) in [5, 5.41) is 24.5. The van der Waals surface area contributed by atoms with Crippen molar-refractivity contribution < 1.29 is 10.0 Å². The molecule has 6 heteroatoms. The molecule has 0 amide bonds. The number of rotatable bonds is 4. The molecule has 1 aromatic carbocycles. The van der Waals surface area contributed by atoms with Crippen molar-refractivity contribution >= 4 is 22.4 Å². The number of fused-ring (bicyclic) bond motifs is 1. The van der Waals surface area contributed by atoms with Crippen molar-refractivity contribution in [2.24, 2.45) is 5.92 Å². The zero-order valence-corrected chi connectivity index (χ0v) is 11.5. The Balaban J connectivity index is 1.75. The molecule has 0 spiro atoms. The molecular formula is C15H17N3O3. The van der Waals surface area contributed by atoms with Gasteiger partial charge in [-0.25, -0.2) is 4.98 Å². The Hall–Kier alpha value is -2.21. The number of aromatic nitrogens is 1. The van der Waals surface area contributed by atoms with Gasteiger partial charge in [-0.15, -0.1) is 0 Å². The van der Waals surface area contributed by atoms with Gasteiger partial charge in [-0.3, -0.25) is 10.1 Å². The molecule has 1 aliphatic rings. The summed E-state index contributed by atoms with van der Waals surface area (Å²) in [6.45, 7) is 0.701. The van der Waals surface area contributed by atoms with Crippen molar-refractivity contribution in [3.8, 4) is 0 Å². The lowest BCUT2D eigenvalue weighted by Gasteiger charge is -2.15. The van der Waals surface area contributed by atoms with Crippen LogP contribution in [0.25, 0.3) is 10.9 Å². The number of nitrogens with one attached hydrogen (secondary N) is 1. The van der Waals surface area contributed by atoms with Crippen LogP contribution in [0, 0.1) is 16.0 Å². The van der Waals surface area contributed by atoms with Gasteiger partial charge in [0.2, 0.25) is 0 Å². The summed E-state index contributed by atoms with van der Waals surface area (Å²) in [6, 6.07) is 8.27. The first-order chi connectivity index (χ1) is 10.1. The Morgan fingerprint density at radius 1 is 1.33 bits per heavy atom. The van der Waals surface area contributed by atoms with Gasteiger partial charge in [-0.05, 0) is 31.0 Å². The highest BCUT2D eigenvalue weighted by Crippen LogP contribution is 2.26. The first-order valence-corrected chi connectivity index (χ1v) is 7.10. The SMILES string of the molecule is O=[N+]([O-])c1ccc2nc(NCC3CCCC3O)ccc2c1. The van der Waals surface area contributed by atoms with Crippen LogP contribution in [0.5, 0.6) is 0 Å². The van der Waals surface area contributed by atoms with Gasteiger partial charge >= 0.3 is 0 Å². The summed E-state index contributed by atoms with van der Waals surface area (Å²) in [4.78, 5) is 14.8. The molecule has 1 fully saturated rings. The Labute approximate surface area is 122 Å². The van der Waals surface area contributed by atoms with Crippen molar-refractivity contribution in [1.82, 2.24) is 4.98 Å². The molecule has 2 unspecified atom stereocenters. The number of hydrogen-bond acceptors (Lipinski definition) is 5. The zero-order valence-electron chi connectivity index (χ0n) is 11.5. The first kappa shape index (κ1) is 13.8. The number of non-ortho nitro benzene ring substituents is 1. The Kier molecular flexibility index (Phi) is 3.70. The second-order valence-corrected chi connectivity index (χ2v) is 5.47. The van der Waals surface area contributed by atoms with Gasteiger partial charge in [0.15, 0.2) is 0 Å². The van der Waals surface area contributed by atoms with Crippen molar-refractivity contribution in [3.05, 3.63) is 40.4 Å². The van der Waals surface area contributed by atoms with E-state index in [4.69, 9.17) is 0 Å². The number of anilines is 1. The summed E-state index contributed by atoms with van der Waals surface area (Å²) in [5.41, 5.74) is 0.789. The average Bonchev–Trinajstić information content (AvgIpc) is 2.89. The lowest BCUT2D eigenvalue weighted by molar-refractivity contribution is -0.384. The van der Waals surface area contributed by atoms with Crippen LogP contribution in [0.15, 0.2) is 30.3 Å². The van der Waals surface area contributed by atoms with Crippen molar-refractivity contribution in [3.63, 3.8) is 0 Å². The summed E-state index contributed by atoms with van der Waals surface area (Å²) in [5.74, 6) is 1.01. The second kappa shape index (κ2) is 5.65. The van der Waals surface area contributed by atoms with Crippen LogP contribution in [0.1, 0.15) is 19.3 Å². The van der Waals surface area contributed by atoms with Crippen LogP contribution in [-0.2, 0) is 0 Å². The van der Waals surface area contributed by atoms with E-state index in [0.29, 0.717) is 6.54 Å². The van der Waals surface area contributed by atoms with Gasteiger partial charge in [0.25, 0.3) is 5.69 Å². The fourth-order valence-electron chi connectivity index (χ4n) is 2.82. The van der Waals surface area contributed by atoms with E-state index in [1.165, 1.54) is 12.1 Å². The van der Waals surface area contributed by atoms with E-state index >= 15 is 0 Å². The summed E-state index contributed by atoms with van der Waals surface area (Å²) in [6.07, 6.45) is 2.76. The predicted molar refractivity (Wildman–Crippen MR) is 80.2 cm³/mol. The highest BCUT2D eigenvalue weighted by atomic mass is 16.6. The summed E-state index contributed by atoms with van der Waals surface area (Å²) in [7, 11) is 0. The monoisotopic (exact) mass is 287 g/mol. The third kappa shape index (κ3) is 2.95. The smallest absolute Gasteiger partial charge is 0.270 e. The maximum Gasteiger partial charge on any atom is 0.270 e. The number of hydrogen-bond donors (Lipinski definition) is 2. The van der Waals surface area contributed by atoms with E-state index in [-0.39, 0.29) is 17.7 Å². The van der Waals surface area contributed by atoms with Gasteiger partial charge in [-0.2, -0.15) is 0 Å². The molecule has 0 radical (unpaired) electrons. The van der Waals surface area contributed by atoms with Crippen LogP contribution in [0.3, 0.4) is 0 Å². The molecule has 6 nitrogen and oxygen atoms in total. The number of benzene rings is 1. The van der Waals surface area contributed by atoms with Gasteiger partial charge in [-0.1, -0.05) is 6.42 Å². The standard InChI is InChI=1S/C15H17N3O3/c19-14-3-1-2-11(14)9-16-15-7-4-10-8-12(18(20)21)5-6-13(10)17-15/h4-8,11,14,19H,1-3,9H2,(H,16,17). The van der Waals surface area contributed by atoms with Crippen molar-refractivity contribution in [2.45, 2.75) is 25.4 Å². The lowest BCUT2D eigenvalue weighted by Crippen LogP contribution is -2.22. The molecule has 0 aliphatic heterocycles. The van der Waals surface area contributed by atoms with Crippen LogP contribution in [0.2, 0.25) is 0 Å². The molecule has 21 heavy (non-hydrogen) atoms. The van der Waals surface area contributed by atoms with Crippen LogP contribution < -0.4 is 5.32 Å². The minimum absolute atomic E-state index is 0.0686. The van der Waals surface area contributed by atoms with E-state index < -0.39 is 4.92 Å². The number of nitrogens with zero attached hydrogens (tertiary/aromatic N) is 2. The number of nitro benzene ring substituents is 1. The third-order valence-electron chi connectivity index (χ3n) is 4.05. The molecule has 1 heterocycles. The minimum atomic E-state index is -0.410. The highest BCUT2D eigenvalue weighted by molar-refractivity contribution is 5.82. The second-order valence-electron chi connectivity index (χ2n) is 5.47. The molecule has 2 atom stereocenters. The quantitative estimate of drug-likeness (QED) is 0.666. The maximum absolute atomic E-state index is 10.7. The fraction of sp³-hybridized carbons (Fsp3) is 0.400. The molecule has 2 N–H and O–H groups in total. The normalized spacial score (nSPS) is 21.6. The van der Waals surface area contributed by atoms with E-state index in [0.717, 1.165) is 36.0 Å². The average molecular weight is 287 g/mol. The molecule has 1 saturated carbocycles. The summed E-state index contributed by atoms with van der Waals surface area (Å²) >= 11 is 0. The number of pyridine rings is 1. The Bertz CT molecular complexity index is 674. The highest BCUT2D eigenvalue weighted by Gasteiger charge is 2.24. The predicted octanol–water partition coefficient (Wildman–Crippen LogP) is 2.72. The van der Waals surface area contributed by atoms with E-state index in [1.54, 1.807) is 6.07 Å². The van der Waals surface area contributed by atoms with Gasteiger partial charge in [0.1, 0.15) is 5.82 Å². The Morgan fingerprint density at radius 2 is 2.19 bits per heavy atom. The maximum atomic E-state index is 10.7. The van der Waals surface area contributed by atoms with Crippen LogP contribution in [0.4, 0.5) is 11.5 Å². The molecule has 3 rings (SSSR count). The van der Waals surface area contributed by atoms with E-state index in [1.807, 2.05) is 12.1 Å². The third-order valence-corrected chi connectivity index (χ3v) is 4.05. The van der Waals surface area contributed by atoms with Gasteiger partial charge < -0.3 is 10.4 Å². The number of aliphatic hydroxyl groups excluding tert-OH is 1. The molecule has 2 aromatic rings.